The van der Waals surface area contributed by atoms with E-state index in [9.17, 15) is 96.6 Å². The summed E-state index contributed by atoms with van der Waals surface area (Å²) in [5.74, 6) is -57.2. The van der Waals surface area contributed by atoms with Crippen LogP contribution in [0.4, 0.5) is 96.6 Å². The van der Waals surface area contributed by atoms with Crippen LogP contribution in [0.3, 0.4) is 0 Å². The smallest absolute Gasteiger partial charge is 0.200 e. The van der Waals surface area contributed by atoms with E-state index in [1.807, 2.05) is 0 Å². The van der Waals surface area contributed by atoms with Gasteiger partial charge in [-0.25, -0.2) is 0 Å². The van der Waals surface area contributed by atoms with E-state index in [4.69, 9.17) is 0 Å². The summed E-state index contributed by atoms with van der Waals surface area (Å²) in [6, 6.07) is 0. The monoisotopic (exact) mass is 650 g/mol. The first-order valence-electron chi connectivity index (χ1n) is 10.4. The average Bonchev–Trinajstić information content (AvgIpc) is 2.72. The van der Waals surface area contributed by atoms with Gasteiger partial charge in [0.05, 0.1) is 0 Å². The summed E-state index contributed by atoms with van der Waals surface area (Å²) in [7, 11) is 0. The van der Waals surface area contributed by atoms with E-state index in [1.165, 1.54) is 0 Å². The van der Waals surface area contributed by atoms with Gasteiger partial charge in [-0.1, -0.05) is 25.7 Å². The van der Waals surface area contributed by atoms with Crippen molar-refractivity contribution < 1.29 is 96.6 Å². The van der Waals surface area contributed by atoms with Gasteiger partial charge in [0.2, 0.25) is 0 Å². The molecule has 0 aliphatic heterocycles. The maximum atomic E-state index is 13.5. The Morgan fingerprint density at radius 3 is 0.625 bits per heavy atom. The van der Waals surface area contributed by atoms with Crippen molar-refractivity contribution in [2.45, 2.75) is 111 Å². The lowest BCUT2D eigenvalue weighted by Gasteiger charge is -2.37. The minimum Gasteiger partial charge on any atom is -0.200 e. The lowest BCUT2D eigenvalue weighted by atomic mass is 9.93. The van der Waals surface area contributed by atoms with Crippen LogP contribution in [0.1, 0.15) is 51.4 Å². The van der Waals surface area contributed by atoms with Gasteiger partial charge in [-0.3, -0.25) is 0 Å². The molecule has 0 amide bonds. The summed E-state index contributed by atoms with van der Waals surface area (Å²) in [6.45, 7) is 0. The van der Waals surface area contributed by atoms with E-state index in [1.54, 1.807) is 0 Å². The predicted molar refractivity (Wildman–Crippen MR) is 88.6 cm³/mol. The molecule has 0 aliphatic carbocycles. The van der Waals surface area contributed by atoms with Gasteiger partial charge in [-0.05, 0) is 12.8 Å². The molecule has 0 aromatic rings. The molecular weight excluding hydrogens is 634 g/mol. The van der Waals surface area contributed by atoms with Gasteiger partial charge in [-0.2, -0.15) is 96.6 Å². The molecule has 0 bridgehead atoms. The molecule has 0 nitrogen and oxygen atoms in total. The summed E-state index contributed by atoms with van der Waals surface area (Å²) < 4.78 is 282. The van der Waals surface area contributed by atoms with Crippen LogP contribution in [0.25, 0.3) is 0 Å². The Kier molecular flexibility index (Phi) is 10.8. The Balaban J connectivity index is 4.99. The molecule has 0 saturated heterocycles. The zero-order chi connectivity index (χ0) is 32.7. The zero-order valence-electron chi connectivity index (χ0n) is 19.0. The summed E-state index contributed by atoms with van der Waals surface area (Å²) in [6.07, 6.45) is -24.7. The minimum absolute atomic E-state index is 0.555. The maximum Gasteiger partial charge on any atom is 0.460 e. The van der Waals surface area contributed by atoms with Crippen LogP contribution >= 0.6 is 0 Å². The first-order valence-corrected chi connectivity index (χ1v) is 10.4. The largest absolute Gasteiger partial charge is 0.460 e. The van der Waals surface area contributed by atoms with Gasteiger partial charge in [-0.15, -0.1) is 0 Å². The normalized spacial score (nSPS) is 16.1. The molecule has 0 aromatic carbocycles. The number of rotatable bonds is 15. The number of hydrogen-bond acceptors (Lipinski definition) is 0. The van der Waals surface area contributed by atoms with Crippen LogP contribution in [0, 0.1) is 0 Å². The van der Waals surface area contributed by atoms with Crippen LogP contribution in [0.5, 0.6) is 0 Å². The van der Waals surface area contributed by atoms with Gasteiger partial charge in [0.15, 0.2) is 0 Å². The Bertz CT molecular complexity index is 749. The first-order chi connectivity index (χ1) is 17.2. The summed E-state index contributed by atoms with van der Waals surface area (Å²) in [5.41, 5.74) is 0. The molecule has 0 heterocycles. The third kappa shape index (κ3) is 6.58. The molecule has 22 heteroatoms. The van der Waals surface area contributed by atoms with Gasteiger partial charge in [0.1, 0.15) is 0 Å². The zero-order valence-corrected chi connectivity index (χ0v) is 19.0. The van der Waals surface area contributed by atoms with Crippen molar-refractivity contribution in [3.05, 3.63) is 0 Å². The fourth-order valence-electron chi connectivity index (χ4n) is 2.92. The molecule has 242 valence electrons. The van der Waals surface area contributed by atoms with E-state index in [0.717, 1.165) is 0 Å². The van der Waals surface area contributed by atoms with E-state index in [-0.39, 0.29) is 0 Å². The van der Waals surface area contributed by atoms with E-state index >= 15 is 0 Å². The van der Waals surface area contributed by atoms with Crippen molar-refractivity contribution >= 4 is 0 Å². The molecule has 0 N–H and O–H groups in total. The molecule has 0 radical (unpaired) electrons. The second kappa shape index (κ2) is 11.3. The van der Waals surface area contributed by atoms with Gasteiger partial charge in [0, 0.05) is 12.8 Å². The van der Waals surface area contributed by atoms with E-state index < -0.39 is 111 Å². The predicted octanol–water partition coefficient (Wildman–Crippen LogP) is 10.3. The second-order valence-corrected chi connectivity index (χ2v) is 8.47. The second-order valence-electron chi connectivity index (χ2n) is 8.47. The molecule has 0 unspecified atom stereocenters. The van der Waals surface area contributed by atoms with Gasteiger partial charge < -0.3 is 0 Å². The van der Waals surface area contributed by atoms with Crippen molar-refractivity contribution in [2.75, 3.05) is 0 Å². The molecule has 0 aromatic heterocycles. The molecule has 0 spiro atoms. The standard InChI is InChI=1S/C18H16F22/c19-9(20,11(23,24)13(27,28)15(31,32)17(35,36)37)7-5-3-1-2-4-6-8-10(21,22)12(25,26)14(29,30)16(33,34)18(38,39)40/h1-8H2. The highest BCUT2D eigenvalue weighted by Crippen LogP contribution is 2.59. The van der Waals surface area contributed by atoms with Crippen LogP contribution in [0.2, 0.25) is 0 Å². The van der Waals surface area contributed by atoms with Crippen molar-refractivity contribution in [3.8, 4) is 0 Å². The van der Waals surface area contributed by atoms with Crippen LogP contribution in [-0.2, 0) is 0 Å². The van der Waals surface area contributed by atoms with Crippen LogP contribution in [-0.4, -0.2) is 59.7 Å². The maximum absolute atomic E-state index is 13.5. The first kappa shape index (κ1) is 38.5. The van der Waals surface area contributed by atoms with Gasteiger partial charge >= 0.3 is 59.7 Å². The van der Waals surface area contributed by atoms with E-state index in [2.05, 4.69) is 0 Å². The van der Waals surface area contributed by atoms with Crippen molar-refractivity contribution in [1.82, 2.24) is 0 Å². The number of hydrogen-bond donors (Lipinski definition) is 0. The number of unbranched alkanes of at least 4 members (excludes halogenated alkanes) is 5. The van der Waals surface area contributed by atoms with Crippen molar-refractivity contribution in [2.24, 2.45) is 0 Å². The summed E-state index contributed by atoms with van der Waals surface area (Å²) in [4.78, 5) is 0. The molecule has 0 rings (SSSR count). The Morgan fingerprint density at radius 1 is 0.225 bits per heavy atom. The molecule has 40 heavy (non-hydrogen) atoms. The molecule has 0 atom stereocenters. The minimum atomic E-state index is -7.62. The van der Waals surface area contributed by atoms with Crippen LogP contribution < -0.4 is 0 Å². The SMILES string of the molecule is FC(F)(F)C(F)(F)C(F)(F)C(F)(F)C(F)(F)CCCCCCCCC(F)(F)C(F)(F)C(F)(F)C(F)(F)C(F)(F)F. The molecular formula is C18H16F22. The fraction of sp³-hybridized carbons (Fsp3) is 1.00. The summed E-state index contributed by atoms with van der Waals surface area (Å²) >= 11 is 0. The van der Waals surface area contributed by atoms with Crippen molar-refractivity contribution in [1.29, 1.82) is 0 Å². The lowest BCUT2D eigenvalue weighted by Crippen LogP contribution is -2.66. The number of halogens is 22. The highest BCUT2D eigenvalue weighted by Gasteiger charge is 2.88. The number of alkyl halides is 22. The van der Waals surface area contributed by atoms with Crippen molar-refractivity contribution in [3.63, 3.8) is 0 Å². The fourth-order valence-corrected chi connectivity index (χ4v) is 2.92. The third-order valence-electron chi connectivity index (χ3n) is 5.44. The highest BCUT2D eigenvalue weighted by molar-refractivity contribution is 5.07. The van der Waals surface area contributed by atoms with E-state index in [0.29, 0.717) is 0 Å². The molecule has 0 aliphatic rings. The Morgan fingerprint density at radius 2 is 0.425 bits per heavy atom. The average molecular weight is 650 g/mol. The third-order valence-corrected chi connectivity index (χ3v) is 5.44. The Labute approximate surface area is 209 Å². The van der Waals surface area contributed by atoms with Gasteiger partial charge in [0.25, 0.3) is 0 Å². The highest BCUT2D eigenvalue weighted by atomic mass is 19.4. The Hall–Kier alpha value is -1.54. The molecule has 0 saturated carbocycles. The summed E-state index contributed by atoms with van der Waals surface area (Å²) in [5, 5.41) is 0. The lowest BCUT2D eigenvalue weighted by molar-refractivity contribution is -0.422. The van der Waals surface area contributed by atoms with Crippen LogP contribution in [0.15, 0.2) is 0 Å². The topological polar surface area (TPSA) is 0 Å². The molecule has 0 fully saturated rings. The quantitative estimate of drug-likeness (QED) is 0.122.